The molecule has 9 heteroatoms. The molecule has 8 aliphatic carbocycles. The minimum atomic E-state index is -0.764. The molecule has 8 aliphatic rings. The molecule has 0 aromatic heterocycles. The molecule has 8 saturated carbocycles. The zero-order valence-electron chi connectivity index (χ0n) is 36.1. The second-order valence-electron chi connectivity index (χ2n) is 23.1. The number of nitrogens with one attached hydrogen (secondary N) is 1. The Morgan fingerprint density at radius 1 is 0.596 bits per heavy atom. The molecule has 324 valence electrons. The maximum absolute atomic E-state index is 13.7. The first-order chi connectivity index (χ1) is 26.8. The highest BCUT2D eigenvalue weighted by Gasteiger charge is 2.67. The Bertz CT molecular complexity index is 1510. The first-order valence-corrected chi connectivity index (χ1v) is 23.7. The smallest absolute Gasteiger partial charge is 0.303 e. The maximum atomic E-state index is 13.7. The lowest BCUT2D eigenvalue weighted by atomic mass is 9.43. The molecule has 0 aromatic carbocycles. The number of aliphatic hydroxyl groups excluding tert-OH is 5. The SMILES string of the molecule is C[C@H](CCC(=O)N[C@H]1CC[C@@]2(C)[C@@H](C1)C[C@@H](O)[C@@H]1[C@@H]2C[C@H](O)[C@]2(C)[C@@H]([C@H](C)CCC(=O)O)CC[C@@H]12)[C@H]1CC[C@H]2[C@@H]3[C@H](O)C[C@@H]4C[C@H](O)CC[C@]4(C)[C@H]3C[C@H](O)C12C. The van der Waals surface area contributed by atoms with E-state index in [0.717, 1.165) is 89.9 Å². The van der Waals surface area contributed by atoms with Gasteiger partial charge in [0, 0.05) is 18.9 Å². The summed E-state index contributed by atoms with van der Waals surface area (Å²) in [6.45, 7) is 13.7. The number of carboxylic acids is 1. The van der Waals surface area contributed by atoms with E-state index in [9.17, 15) is 40.2 Å². The Hall–Kier alpha value is -1.26. The van der Waals surface area contributed by atoms with Crippen molar-refractivity contribution in [1.82, 2.24) is 5.32 Å². The van der Waals surface area contributed by atoms with Crippen LogP contribution in [0.4, 0.5) is 0 Å². The van der Waals surface area contributed by atoms with Crippen LogP contribution in [0, 0.1) is 92.7 Å². The lowest BCUT2D eigenvalue weighted by molar-refractivity contribution is -0.207. The number of aliphatic carboxylic acids is 1. The van der Waals surface area contributed by atoms with E-state index in [1.54, 1.807) is 0 Å². The van der Waals surface area contributed by atoms with Crippen LogP contribution in [-0.2, 0) is 9.59 Å². The first kappa shape index (κ1) is 42.4. The van der Waals surface area contributed by atoms with Gasteiger partial charge in [-0.1, -0.05) is 41.5 Å². The van der Waals surface area contributed by atoms with Gasteiger partial charge in [0.1, 0.15) is 0 Å². The fraction of sp³-hybridized carbons (Fsp3) is 0.958. The average molecular weight is 798 g/mol. The summed E-state index contributed by atoms with van der Waals surface area (Å²) in [6, 6.07) is 0.0868. The van der Waals surface area contributed by atoms with Crippen LogP contribution in [0.1, 0.15) is 157 Å². The van der Waals surface area contributed by atoms with Crippen molar-refractivity contribution in [3.63, 3.8) is 0 Å². The van der Waals surface area contributed by atoms with Crippen molar-refractivity contribution in [3.05, 3.63) is 0 Å². The Labute approximate surface area is 342 Å². The summed E-state index contributed by atoms with van der Waals surface area (Å²) in [7, 11) is 0. The lowest BCUT2D eigenvalue weighted by Crippen LogP contribution is -2.63. The number of amides is 1. The van der Waals surface area contributed by atoms with Crippen molar-refractivity contribution in [3.8, 4) is 0 Å². The third-order valence-corrected chi connectivity index (χ3v) is 21.1. The first-order valence-electron chi connectivity index (χ1n) is 23.7. The van der Waals surface area contributed by atoms with Gasteiger partial charge in [-0.25, -0.2) is 0 Å². The Balaban J connectivity index is 0.867. The van der Waals surface area contributed by atoms with Crippen LogP contribution in [0.3, 0.4) is 0 Å². The molecule has 0 radical (unpaired) electrons. The number of carboxylic acid groups (broad SMARTS) is 1. The molecular formula is C48H79NO8. The summed E-state index contributed by atoms with van der Waals surface area (Å²) in [5.41, 5.74) is -0.514. The third kappa shape index (κ3) is 6.70. The molecule has 1 amide bonds. The van der Waals surface area contributed by atoms with Gasteiger partial charge in [0.2, 0.25) is 5.91 Å². The van der Waals surface area contributed by atoms with Gasteiger partial charge in [0.25, 0.3) is 0 Å². The van der Waals surface area contributed by atoms with Gasteiger partial charge in [-0.2, -0.15) is 0 Å². The van der Waals surface area contributed by atoms with Crippen molar-refractivity contribution < 1.29 is 40.2 Å². The molecule has 9 nitrogen and oxygen atoms in total. The quantitative estimate of drug-likeness (QED) is 0.132. The van der Waals surface area contributed by atoms with Gasteiger partial charge in [0.15, 0.2) is 0 Å². The highest BCUT2D eigenvalue weighted by atomic mass is 16.4. The number of hydrogen-bond acceptors (Lipinski definition) is 7. The molecule has 0 aromatic rings. The molecule has 8 rings (SSSR count). The molecule has 0 aliphatic heterocycles. The van der Waals surface area contributed by atoms with Crippen LogP contribution >= 0.6 is 0 Å². The lowest BCUT2D eigenvalue weighted by Gasteiger charge is -2.63. The fourth-order valence-corrected chi connectivity index (χ4v) is 17.8. The Kier molecular flexibility index (Phi) is 11.4. The van der Waals surface area contributed by atoms with E-state index in [-0.39, 0.29) is 111 Å². The zero-order chi connectivity index (χ0) is 41.0. The van der Waals surface area contributed by atoms with Crippen LogP contribution in [0.2, 0.25) is 0 Å². The van der Waals surface area contributed by atoms with Crippen molar-refractivity contribution in [2.75, 3.05) is 0 Å². The van der Waals surface area contributed by atoms with E-state index in [2.05, 4.69) is 46.9 Å². The predicted molar refractivity (Wildman–Crippen MR) is 218 cm³/mol. The number of carbonyl (C=O) groups is 2. The van der Waals surface area contributed by atoms with Crippen molar-refractivity contribution in [2.45, 2.75) is 194 Å². The average Bonchev–Trinajstić information content (AvgIpc) is 3.70. The van der Waals surface area contributed by atoms with Gasteiger partial charge in [-0.05, 0) is 195 Å². The van der Waals surface area contributed by atoms with Crippen LogP contribution in [0.15, 0.2) is 0 Å². The molecular weight excluding hydrogens is 719 g/mol. The molecule has 0 bridgehead atoms. The molecule has 0 saturated heterocycles. The number of fused-ring (bicyclic) bond motifs is 10. The van der Waals surface area contributed by atoms with Crippen LogP contribution in [0.25, 0.3) is 0 Å². The summed E-state index contributed by atoms with van der Waals surface area (Å²) in [5.74, 6) is 2.37. The summed E-state index contributed by atoms with van der Waals surface area (Å²) in [6.07, 6.45) is 12.3. The van der Waals surface area contributed by atoms with Crippen molar-refractivity contribution >= 4 is 11.9 Å². The van der Waals surface area contributed by atoms with Gasteiger partial charge >= 0.3 is 5.97 Å². The highest BCUT2D eigenvalue weighted by Crippen LogP contribution is 2.70. The normalized spacial score (nSPS) is 53.9. The van der Waals surface area contributed by atoms with Gasteiger partial charge in [0.05, 0.1) is 30.5 Å². The van der Waals surface area contributed by atoms with E-state index in [4.69, 9.17) is 0 Å². The van der Waals surface area contributed by atoms with Crippen LogP contribution < -0.4 is 5.32 Å². The summed E-state index contributed by atoms with van der Waals surface area (Å²) < 4.78 is 0. The second kappa shape index (κ2) is 15.3. The van der Waals surface area contributed by atoms with E-state index >= 15 is 0 Å². The van der Waals surface area contributed by atoms with E-state index in [1.165, 1.54) is 0 Å². The Morgan fingerprint density at radius 2 is 1.07 bits per heavy atom. The van der Waals surface area contributed by atoms with E-state index in [0.29, 0.717) is 31.1 Å². The van der Waals surface area contributed by atoms with Crippen molar-refractivity contribution in [2.24, 2.45) is 92.7 Å². The molecule has 22 atom stereocenters. The van der Waals surface area contributed by atoms with E-state index < -0.39 is 24.3 Å². The number of aliphatic hydroxyl groups is 5. The summed E-state index contributed by atoms with van der Waals surface area (Å²) in [4.78, 5) is 25.0. The van der Waals surface area contributed by atoms with Gasteiger partial charge in [-0.3, -0.25) is 9.59 Å². The molecule has 0 heterocycles. The topological polar surface area (TPSA) is 168 Å². The zero-order valence-corrected chi connectivity index (χ0v) is 36.1. The van der Waals surface area contributed by atoms with Crippen LogP contribution in [0.5, 0.6) is 0 Å². The molecule has 1 unspecified atom stereocenters. The van der Waals surface area contributed by atoms with E-state index in [1.807, 2.05) is 0 Å². The number of carbonyl (C=O) groups excluding carboxylic acids is 1. The highest BCUT2D eigenvalue weighted by molar-refractivity contribution is 5.76. The largest absolute Gasteiger partial charge is 0.481 e. The molecule has 0 spiro atoms. The minimum absolute atomic E-state index is 0.00569. The molecule has 57 heavy (non-hydrogen) atoms. The van der Waals surface area contributed by atoms with Crippen molar-refractivity contribution in [1.29, 1.82) is 0 Å². The predicted octanol–water partition coefficient (Wildman–Crippen LogP) is 6.95. The fourth-order valence-electron chi connectivity index (χ4n) is 17.8. The number of hydrogen-bond donors (Lipinski definition) is 7. The molecule has 7 N–H and O–H groups in total. The second-order valence-corrected chi connectivity index (χ2v) is 23.1. The van der Waals surface area contributed by atoms with Gasteiger partial charge in [-0.15, -0.1) is 0 Å². The summed E-state index contributed by atoms with van der Waals surface area (Å²) >= 11 is 0. The van der Waals surface area contributed by atoms with Gasteiger partial charge < -0.3 is 36.0 Å². The monoisotopic (exact) mass is 798 g/mol. The minimum Gasteiger partial charge on any atom is -0.481 e. The maximum Gasteiger partial charge on any atom is 0.303 e. The van der Waals surface area contributed by atoms with Crippen LogP contribution in [-0.4, -0.2) is 79.1 Å². The Morgan fingerprint density at radius 3 is 1.58 bits per heavy atom. The third-order valence-electron chi connectivity index (χ3n) is 21.1. The standard InChI is InChI=1S/C48H79NO8/c1-25(31-9-11-34-44-36(24-40(54)47(31,34)5)46(4)18-16-30(50)20-28(46)22-38(44)52)7-13-41(55)49-29-15-17-45(3)27(19-29)21-37(51)43-33-12-10-32(26(2)8-14-42(56)57)48(33,6)39(53)23-35(43)45/h25-40,43-44,50-54H,7-24H2,1-6H3,(H,49,55)(H,56,57)/t25-,26-,27+,28+,29+,30-,31-,32-,33+,34+,35+,36+,37-,38-,39+,40+,43+,44+,45+,46+,47?,48-/m1/s1. The summed E-state index contributed by atoms with van der Waals surface area (Å²) in [5, 5.41) is 70.8. The molecule has 8 fully saturated rings. The number of rotatable bonds is 9.